The third-order valence-corrected chi connectivity index (χ3v) is 6.22. The van der Waals surface area contributed by atoms with E-state index in [1.165, 1.54) is 34.6 Å². The second-order valence-electron chi connectivity index (χ2n) is 6.20. The van der Waals surface area contributed by atoms with E-state index in [0.717, 1.165) is 0 Å². The fourth-order valence-corrected chi connectivity index (χ4v) is 4.23. The fraction of sp³-hybridized carbons (Fsp3) is 0.263. The normalized spacial score (nSPS) is 16.0. The van der Waals surface area contributed by atoms with Crippen LogP contribution in [0.5, 0.6) is 5.75 Å². The number of aromatic hydroxyl groups is 1. The summed E-state index contributed by atoms with van der Waals surface area (Å²) >= 11 is 0. The first kappa shape index (κ1) is 20.0. The molecule has 8 nitrogen and oxygen atoms in total. The predicted molar refractivity (Wildman–Crippen MR) is 104 cm³/mol. The Hall–Kier alpha value is -2.75. The average molecular weight is 403 g/mol. The molecule has 0 aliphatic carbocycles. The monoisotopic (exact) mass is 403 g/mol. The molecule has 9 heteroatoms. The summed E-state index contributed by atoms with van der Waals surface area (Å²) in [7, 11) is -3.69. The maximum atomic E-state index is 12.7. The molecule has 3 rings (SSSR count). The van der Waals surface area contributed by atoms with Crippen molar-refractivity contribution in [1.82, 2.24) is 9.73 Å². The topological polar surface area (TPSA) is 108 Å². The number of amides is 1. The van der Waals surface area contributed by atoms with E-state index >= 15 is 0 Å². The molecule has 28 heavy (non-hydrogen) atoms. The van der Waals surface area contributed by atoms with Crippen molar-refractivity contribution in [1.29, 1.82) is 0 Å². The zero-order chi connectivity index (χ0) is 20.1. The first-order valence-corrected chi connectivity index (χ1v) is 10.1. The molecule has 0 aromatic heterocycles. The van der Waals surface area contributed by atoms with Gasteiger partial charge in [0.1, 0.15) is 5.75 Å². The molecule has 2 N–H and O–H groups in total. The molecule has 1 saturated heterocycles. The molecule has 1 fully saturated rings. The number of rotatable bonds is 5. The van der Waals surface area contributed by atoms with Gasteiger partial charge in [0.2, 0.25) is 10.0 Å². The third-order valence-electron chi connectivity index (χ3n) is 4.32. The van der Waals surface area contributed by atoms with Crippen LogP contribution in [-0.2, 0) is 14.8 Å². The van der Waals surface area contributed by atoms with Gasteiger partial charge in [-0.05, 0) is 37.3 Å². The second-order valence-corrected chi connectivity index (χ2v) is 8.14. The summed E-state index contributed by atoms with van der Waals surface area (Å²) in [5.74, 6) is -0.495. The molecule has 0 unspecified atom stereocenters. The number of phenolic OH excluding ortho intramolecular Hbond substituents is 1. The summed E-state index contributed by atoms with van der Waals surface area (Å²) in [6.07, 6.45) is 0. The number of sulfonamides is 1. The van der Waals surface area contributed by atoms with E-state index in [9.17, 15) is 18.3 Å². The smallest absolute Gasteiger partial charge is 0.271 e. The SMILES string of the molecule is C/C(=N\NC(=O)c1cccc(S(=O)(=O)N2CCOCC2)c1)c1ccccc1O. The second kappa shape index (κ2) is 8.51. The van der Waals surface area contributed by atoms with Gasteiger partial charge in [0.05, 0.1) is 23.8 Å². The van der Waals surface area contributed by atoms with Crippen LogP contribution in [0.1, 0.15) is 22.8 Å². The van der Waals surface area contributed by atoms with Crippen LogP contribution in [0.3, 0.4) is 0 Å². The molecule has 0 bridgehead atoms. The van der Waals surface area contributed by atoms with Crippen molar-refractivity contribution in [3.8, 4) is 5.75 Å². The van der Waals surface area contributed by atoms with Crippen molar-refractivity contribution in [2.45, 2.75) is 11.8 Å². The Morgan fingerprint density at radius 3 is 2.57 bits per heavy atom. The van der Waals surface area contributed by atoms with Gasteiger partial charge in [-0.2, -0.15) is 9.41 Å². The molecule has 0 saturated carbocycles. The molecule has 0 radical (unpaired) electrons. The standard InChI is InChI=1S/C19H21N3O5S/c1-14(17-7-2-3-8-18(17)23)20-21-19(24)15-5-4-6-16(13-15)28(25,26)22-9-11-27-12-10-22/h2-8,13,23H,9-12H2,1H3,(H,21,24)/b20-14+. The van der Waals surface area contributed by atoms with Crippen LogP contribution in [0.2, 0.25) is 0 Å². The minimum absolute atomic E-state index is 0.0449. The van der Waals surface area contributed by atoms with E-state index in [-0.39, 0.29) is 29.3 Å². The minimum Gasteiger partial charge on any atom is -0.507 e. The number of carbonyl (C=O) groups excluding carboxylic acids is 1. The van der Waals surface area contributed by atoms with E-state index in [1.807, 2.05) is 0 Å². The van der Waals surface area contributed by atoms with Crippen LogP contribution in [0.15, 0.2) is 58.5 Å². The number of para-hydroxylation sites is 1. The van der Waals surface area contributed by atoms with Crippen LogP contribution in [-0.4, -0.2) is 55.8 Å². The highest BCUT2D eigenvalue weighted by atomic mass is 32.2. The zero-order valence-electron chi connectivity index (χ0n) is 15.3. The van der Waals surface area contributed by atoms with Crippen molar-refractivity contribution in [2.75, 3.05) is 26.3 Å². The number of ether oxygens (including phenoxy) is 1. The number of nitrogens with one attached hydrogen (secondary N) is 1. The Morgan fingerprint density at radius 1 is 1.14 bits per heavy atom. The number of morpholine rings is 1. The van der Waals surface area contributed by atoms with Crippen LogP contribution < -0.4 is 5.43 Å². The highest BCUT2D eigenvalue weighted by Crippen LogP contribution is 2.19. The van der Waals surface area contributed by atoms with Gasteiger partial charge in [-0.25, -0.2) is 13.8 Å². The highest BCUT2D eigenvalue weighted by molar-refractivity contribution is 7.89. The first-order valence-electron chi connectivity index (χ1n) is 8.70. The van der Waals surface area contributed by atoms with Crippen molar-refractivity contribution in [2.24, 2.45) is 5.10 Å². The number of carbonyl (C=O) groups is 1. The van der Waals surface area contributed by atoms with Crippen LogP contribution in [0.4, 0.5) is 0 Å². The van der Waals surface area contributed by atoms with Gasteiger partial charge < -0.3 is 9.84 Å². The van der Waals surface area contributed by atoms with E-state index in [0.29, 0.717) is 24.5 Å². The van der Waals surface area contributed by atoms with Crippen molar-refractivity contribution in [3.05, 3.63) is 59.7 Å². The molecule has 0 atom stereocenters. The Morgan fingerprint density at radius 2 is 1.86 bits per heavy atom. The predicted octanol–water partition coefficient (Wildman–Crippen LogP) is 1.57. The maximum Gasteiger partial charge on any atom is 0.271 e. The van der Waals surface area contributed by atoms with Crippen LogP contribution in [0.25, 0.3) is 0 Å². The van der Waals surface area contributed by atoms with E-state index in [2.05, 4.69) is 10.5 Å². The molecule has 1 amide bonds. The summed E-state index contributed by atoms with van der Waals surface area (Å²) in [5.41, 5.74) is 3.47. The average Bonchev–Trinajstić information content (AvgIpc) is 2.73. The van der Waals surface area contributed by atoms with Gasteiger partial charge in [0.25, 0.3) is 5.91 Å². The summed E-state index contributed by atoms with van der Waals surface area (Å²) in [6.45, 7) is 2.90. The van der Waals surface area contributed by atoms with Crippen molar-refractivity contribution >= 4 is 21.6 Å². The van der Waals surface area contributed by atoms with E-state index < -0.39 is 15.9 Å². The maximum absolute atomic E-state index is 12.7. The van der Waals surface area contributed by atoms with Gasteiger partial charge in [-0.1, -0.05) is 18.2 Å². The molecule has 2 aromatic carbocycles. The van der Waals surface area contributed by atoms with Gasteiger partial charge in [-0.3, -0.25) is 4.79 Å². The van der Waals surface area contributed by atoms with Gasteiger partial charge in [0.15, 0.2) is 0 Å². The number of benzene rings is 2. The summed E-state index contributed by atoms with van der Waals surface area (Å²) in [6, 6.07) is 12.4. The molecule has 1 heterocycles. The lowest BCUT2D eigenvalue weighted by molar-refractivity contribution is 0.0730. The molecule has 1 aliphatic rings. The zero-order valence-corrected chi connectivity index (χ0v) is 16.1. The fourth-order valence-electron chi connectivity index (χ4n) is 2.77. The Balaban J connectivity index is 1.77. The van der Waals surface area contributed by atoms with Crippen molar-refractivity contribution in [3.63, 3.8) is 0 Å². The first-order chi connectivity index (χ1) is 13.4. The van der Waals surface area contributed by atoms with E-state index in [4.69, 9.17) is 4.74 Å². The van der Waals surface area contributed by atoms with E-state index in [1.54, 1.807) is 25.1 Å². The summed E-state index contributed by atoms with van der Waals surface area (Å²) in [5, 5.41) is 13.8. The van der Waals surface area contributed by atoms with Gasteiger partial charge >= 0.3 is 0 Å². The largest absolute Gasteiger partial charge is 0.507 e. The Kier molecular flexibility index (Phi) is 6.08. The molecule has 0 spiro atoms. The van der Waals surface area contributed by atoms with Gasteiger partial charge in [-0.15, -0.1) is 0 Å². The number of nitrogens with zero attached hydrogens (tertiary/aromatic N) is 2. The van der Waals surface area contributed by atoms with Gasteiger partial charge in [0, 0.05) is 24.2 Å². The van der Waals surface area contributed by atoms with Crippen molar-refractivity contribution < 1.29 is 23.1 Å². The molecular weight excluding hydrogens is 382 g/mol. The number of phenols is 1. The number of hydrazone groups is 1. The lowest BCUT2D eigenvalue weighted by Gasteiger charge is -2.26. The van der Waals surface area contributed by atoms with Crippen LogP contribution >= 0.6 is 0 Å². The number of hydrogen-bond donors (Lipinski definition) is 2. The Labute approximate surface area is 163 Å². The highest BCUT2D eigenvalue weighted by Gasteiger charge is 2.26. The molecule has 148 valence electrons. The number of hydrogen-bond acceptors (Lipinski definition) is 6. The summed E-state index contributed by atoms with van der Waals surface area (Å²) in [4.78, 5) is 12.5. The molecule has 2 aromatic rings. The third kappa shape index (κ3) is 4.38. The lowest BCUT2D eigenvalue weighted by atomic mass is 10.1. The molecule has 1 aliphatic heterocycles. The summed E-state index contributed by atoms with van der Waals surface area (Å²) < 4.78 is 32.0. The lowest BCUT2D eigenvalue weighted by Crippen LogP contribution is -2.40. The Bertz CT molecular complexity index is 998. The van der Waals surface area contributed by atoms with Crippen LogP contribution in [0, 0.1) is 0 Å². The quantitative estimate of drug-likeness (QED) is 0.582. The minimum atomic E-state index is -3.69. The molecular formula is C19H21N3O5S.